The van der Waals surface area contributed by atoms with Crippen LogP contribution in [0.1, 0.15) is 10.4 Å². The minimum atomic E-state index is -0.526. The van der Waals surface area contributed by atoms with Gasteiger partial charge < -0.3 is 9.80 Å². The van der Waals surface area contributed by atoms with Crippen LogP contribution in [0.25, 0.3) is 5.69 Å². The SMILES string of the molecule is O=C(c1cccnc1)N1CCN(c2cnn(-c3ccc([N+](=O)[O-])cc3)c(=O)c2Cl)CC1. The number of nitro groups is 1. The number of pyridine rings is 1. The fourth-order valence-electron chi connectivity index (χ4n) is 3.37. The molecule has 2 aromatic heterocycles. The van der Waals surface area contributed by atoms with Crippen LogP contribution in [0.4, 0.5) is 11.4 Å². The van der Waals surface area contributed by atoms with E-state index in [0.29, 0.717) is 43.1 Å². The number of amides is 1. The van der Waals surface area contributed by atoms with Crippen molar-refractivity contribution in [2.75, 3.05) is 31.1 Å². The molecule has 3 heterocycles. The number of carbonyl (C=O) groups is 1. The smallest absolute Gasteiger partial charge is 0.292 e. The fraction of sp³-hybridized carbons (Fsp3) is 0.200. The van der Waals surface area contributed by atoms with Gasteiger partial charge in [-0.15, -0.1) is 0 Å². The maximum absolute atomic E-state index is 12.7. The molecule has 0 spiro atoms. The van der Waals surface area contributed by atoms with Gasteiger partial charge in [0.2, 0.25) is 0 Å². The van der Waals surface area contributed by atoms with Gasteiger partial charge in [0.25, 0.3) is 17.2 Å². The molecule has 1 aliphatic heterocycles. The van der Waals surface area contributed by atoms with Gasteiger partial charge in [-0.1, -0.05) is 11.6 Å². The summed E-state index contributed by atoms with van der Waals surface area (Å²) in [5, 5.41) is 15.0. The Bertz CT molecular complexity index is 1170. The van der Waals surface area contributed by atoms with Crippen molar-refractivity contribution >= 4 is 28.9 Å². The first-order chi connectivity index (χ1) is 15.0. The number of aromatic nitrogens is 3. The molecule has 0 unspecified atom stereocenters. The summed E-state index contributed by atoms with van der Waals surface area (Å²) in [6.45, 7) is 1.92. The van der Waals surface area contributed by atoms with Crippen molar-refractivity contribution in [2.24, 2.45) is 0 Å². The van der Waals surface area contributed by atoms with Crippen LogP contribution in [0.5, 0.6) is 0 Å². The summed E-state index contributed by atoms with van der Waals surface area (Å²) in [5.41, 5.74) is 0.774. The molecule has 1 saturated heterocycles. The third kappa shape index (κ3) is 4.10. The number of piperazine rings is 1. The van der Waals surface area contributed by atoms with E-state index in [-0.39, 0.29) is 16.6 Å². The van der Waals surface area contributed by atoms with Crippen LogP contribution in [0.15, 0.2) is 59.8 Å². The lowest BCUT2D eigenvalue weighted by atomic mass is 10.2. The summed E-state index contributed by atoms with van der Waals surface area (Å²) in [6, 6.07) is 8.90. The molecule has 0 aliphatic carbocycles. The first kappa shape index (κ1) is 20.5. The maximum Gasteiger partial charge on any atom is 0.292 e. The van der Waals surface area contributed by atoms with Gasteiger partial charge in [0.05, 0.1) is 28.1 Å². The number of hydrogen-bond donors (Lipinski definition) is 0. The normalized spacial score (nSPS) is 13.8. The number of anilines is 1. The standard InChI is InChI=1S/C20H17ClN6O4/c21-18-17(13-23-26(20(18)29)15-3-5-16(6-4-15)27(30)31)24-8-10-25(11-9-24)19(28)14-2-1-7-22-12-14/h1-7,12-13H,8-11H2. The summed E-state index contributed by atoms with van der Waals surface area (Å²) in [6.07, 6.45) is 4.64. The molecule has 0 saturated carbocycles. The van der Waals surface area contributed by atoms with Gasteiger partial charge in [0.1, 0.15) is 5.02 Å². The van der Waals surface area contributed by atoms with Gasteiger partial charge in [0.15, 0.2) is 0 Å². The Balaban J connectivity index is 1.50. The van der Waals surface area contributed by atoms with Crippen LogP contribution in [0.2, 0.25) is 5.02 Å². The van der Waals surface area contributed by atoms with E-state index in [1.54, 1.807) is 23.2 Å². The Morgan fingerprint density at radius 1 is 1.06 bits per heavy atom. The highest BCUT2D eigenvalue weighted by atomic mass is 35.5. The van der Waals surface area contributed by atoms with Crippen molar-refractivity contribution in [1.29, 1.82) is 0 Å². The van der Waals surface area contributed by atoms with Crippen LogP contribution < -0.4 is 10.5 Å². The highest BCUT2D eigenvalue weighted by Crippen LogP contribution is 2.24. The molecule has 1 aliphatic rings. The zero-order valence-corrected chi connectivity index (χ0v) is 17.0. The number of benzene rings is 1. The number of non-ortho nitro benzene ring substituents is 1. The molecule has 3 aromatic rings. The van der Waals surface area contributed by atoms with Crippen molar-refractivity contribution < 1.29 is 9.72 Å². The average molecular weight is 441 g/mol. The quantitative estimate of drug-likeness (QED) is 0.451. The largest absolute Gasteiger partial charge is 0.365 e. The molecule has 0 atom stereocenters. The van der Waals surface area contributed by atoms with Gasteiger partial charge in [-0.2, -0.15) is 9.78 Å². The Hall–Kier alpha value is -3.79. The lowest BCUT2D eigenvalue weighted by Gasteiger charge is -2.36. The van der Waals surface area contributed by atoms with Gasteiger partial charge >= 0.3 is 0 Å². The zero-order valence-electron chi connectivity index (χ0n) is 16.2. The maximum atomic E-state index is 12.7. The number of nitro benzene ring substituents is 1. The summed E-state index contributed by atoms with van der Waals surface area (Å²) in [5.74, 6) is -0.0921. The van der Waals surface area contributed by atoms with Crippen molar-refractivity contribution in [3.8, 4) is 5.69 Å². The van der Waals surface area contributed by atoms with Gasteiger partial charge in [-0.25, -0.2) is 0 Å². The molecule has 1 aromatic carbocycles. The Kier molecular flexibility index (Phi) is 5.63. The second-order valence-corrected chi connectivity index (χ2v) is 7.23. The molecule has 0 N–H and O–H groups in total. The second kappa shape index (κ2) is 8.52. The van der Waals surface area contributed by atoms with E-state index < -0.39 is 10.5 Å². The molecule has 0 radical (unpaired) electrons. The molecule has 1 fully saturated rings. The molecule has 31 heavy (non-hydrogen) atoms. The lowest BCUT2D eigenvalue weighted by Crippen LogP contribution is -2.49. The van der Waals surface area contributed by atoms with Gasteiger partial charge in [-0.3, -0.25) is 24.7 Å². The zero-order chi connectivity index (χ0) is 22.0. The molecular weight excluding hydrogens is 424 g/mol. The highest BCUT2D eigenvalue weighted by Gasteiger charge is 2.25. The molecule has 10 nitrogen and oxygen atoms in total. The van der Waals surface area contributed by atoms with E-state index in [4.69, 9.17) is 11.6 Å². The monoisotopic (exact) mass is 440 g/mol. The van der Waals surface area contributed by atoms with E-state index in [0.717, 1.165) is 4.68 Å². The van der Waals surface area contributed by atoms with Crippen LogP contribution in [-0.4, -0.2) is 56.7 Å². The number of nitrogens with zero attached hydrogens (tertiary/aromatic N) is 6. The number of hydrogen-bond acceptors (Lipinski definition) is 7. The fourth-order valence-corrected chi connectivity index (χ4v) is 3.61. The van der Waals surface area contributed by atoms with Gasteiger partial charge in [-0.05, 0) is 24.3 Å². The topological polar surface area (TPSA) is 114 Å². The molecule has 0 bridgehead atoms. The third-order valence-electron chi connectivity index (χ3n) is 5.02. The minimum absolute atomic E-state index is 0.000360. The van der Waals surface area contributed by atoms with Crippen LogP contribution in [0, 0.1) is 10.1 Å². The van der Waals surface area contributed by atoms with Crippen LogP contribution in [0.3, 0.4) is 0 Å². The molecule has 158 valence electrons. The first-order valence-corrected chi connectivity index (χ1v) is 9.80. The summed E-state index contributed by atoms with van der Waals surface area (Å²) in [4.78, 5) is 43.2. The lowest BCUT2D eigenvalue weighted by molar-refractivity contribution is -0.384. The Morgan fingerprint density at radius 2 is 1.77 bits per heavy atom. The van der Waals surface area contributed by atoms with E-state index >= 15 is 0 Å². The summed E-state index contributed by atoms with van der Waals surface area (Å²) < 4.78 is 1.09. The molecule has 1 amide bonds. The van der Waals surface area contributed by atoms with Gasteiger partial charge in [0, 0.05) is 50.7 Å². The van der Waals surface area contributed by atoms with Crippen molar-refractivity contribution in [3.05, 3.63) is 86.0 Å². The predicted molar refractivity (Wildman–Crippen MR) is 114 cm³/mol. The number of carbonyl (C=O) groups excluding carboxylic acids is 1. The summed E-state index contributed by atoms with van der Waals surface area (Å²) in [7, 11) is 0. The van der Waals surface area contributed by atoms with Crippen molar-refractivity contribution in [1.82, 2.24) is 19.7 Å². The Labute approximate surface area is 181 Å². The number of rotatable bonds is 4. The predicted octanol–water partition coefficient (Wildman–Crippen LogP) is 2.15. The Morgan fingerprint density at radius 3 is 2.39 bits per heavy atom. The average Bonchev–Trinajstić information content (AvgIpc) is 2.81. The van der Waals surface area contributed by atoms with E-state index in [9.17, 15) is 19.7 Å². The van der Waals surface area contributed by atoms with E-state index in [1.165, 1.54) is 36.7 Å². The molecular formula is C20H17ClN6O4. The molecule has 4 rings (SSSR count). The number of halogens is 1. The highest BCUT2D eigenvalue weighted by molar-refractivity contribution is 6.33. The first-order valence-electron chi connectivity index (χ1n) is 9.42. The second-order valence-electron chi connectivity index (χ2n) is 6.86. The van der Waals surface area contributed by atoms with E-state index in [1.807, 2.05) is 4.90 Å². The van der Waals surface area contributed by atoms with E-state index in [2.05, 4.69) is 10.1 Å². The minimum Gasteiger partial charge on any atom is -0.365 e. The molecule has 11 heteroatoms. The summed E-state index contributed by atoms with van der Waals surface area (Å²) >= 11 is 6.35. The van der Waals surface area contributed by atoms with Crippen LogP contribution >= 0.6 is 11.6 Å². The van der Waals surface area contributed by atoms with Crippen LogP contribution in [-0.2, 0) is 0 Å². The third-order valence-corrected chi connectivity index (χ3v) is 5.38. The van der Waals surface area contributed by atoms with Crippen molar-refractivity contribution in [2.45, 2.75) is 0 Å². The van der Waals surface area contributed by atoms with Crippen molar-refractivity contribution in [3.63, 3.8) is 0 Å².